The van der Waals surface area contributed by atoms with Gasteiger partial charge in [-0.1, -0.05) is 18.2 Å². The molecule has 2 atom stereocenters. The minimum Gasteiger partial charge on any atom is -0.493 e. The van der Waals surface area contributed by atoms with E-state index in [9.17, 15) is 4.79 Å². The largest absolute Gasteiger partial charge is 0.493 e. The van der Waals surface area contributed by atoms with Crippen molar-refractivity contribution in [2.75, 3.05) is 13.2 Å². The van der Waals surface area contributed by atoms with Crippen LogP contribution in [0.15, 0.2) is 24.3 Å². The summed E-state index contributed by atoms with van der Waals surface area (Å²) in [6, 6.07) is 8.58. The first-order valence-corrected chi connectivity index (χ1v) is 7.88. The molecule has 1 aromatic carbocycles. The van der Waals surface area contributed by atoms with Gasteiger partial charge in [-0.15, -0.1) is 0 Å². The van der Waals surface area contributed by atoms with Crippen molar-refractivity contribution in [3.05, 3.63) is 29.8 Å². The summed E-state index contributed by atoms with van der Waals surface area (Å²) < 4.78 is 5.71. The molecule has 0 spiro atoms. The maximum absolute atomic E-state index is 11.9. The van der Waals surface area contributed by atoms with Crippen LogP contribution in [0.25, 0.3) is 0 Å². The van der Waals surface area contributed by atoms with Crippen LogP contribution in [0, 0.1) is 6.92 Å². The van der Waals surface area contributed by atoms with E-state index < -0.39 is 0 Å². The third kappa shape index (κ3) is 5.05. The lowest BCUT2D eigenvalue weighted by Crippen LogP contribution is -2.51. The third-order valence-electron chi connectivity index (χ3n) is 4.01. The summed E-state index contributed by atoms with van der Waals surface area (Å²) in [4.78, 5) is 11.9. The van der Waals surface area contributed by atoms with E-state index in [4.69, 9.17) is 4.74 Å². The van der Waals surface area contributed by atoms with Gasteiger partial charge >= 0.3 is 0 Å². The number of benzene rings is 1. The highest BCUT2D eigenvalue weighted by Crippen LogP contribution is 2.16. The summed E-state index contributed by atoms with van der Waals surface area (Å²) in [5.41, 5.74) is 1.13. The van der Waals surface area contributed by atoms with Crippen molar-refractivity contribution in [1.82, 2.24) is 10.6 Å². The van der Waals surface area contributed by atoms with Crippen LogP contribution in [0.3, 0.4) is 0 Å². The van der Waals surface area contributed by atoms with Crippen LogP contribution in [0.4, 0.5) is 0 Å². The van der Waals surface area contributed by atoms with Gasteiger partial charge in [0.15, 0.2) is 0 Å². The van der Waals surface area contributed by atoms with Crippen LogP contribution >= 0.6 is 0 Å². The minimum absolute atomic E-state index is 0.129. The second-order valence-electron chi connectivity index (χ2n) is 5.78. The Morgan fingerprint density at radius 3 is 3.00 bits per heavy atom. The molecule has 1 fully saturated rings. The van der Waals surface area contributed by atoms with E-state index in [1.807, 2.05) is 31.2 Å². The first-order chi connectivity index (χ1) is 10.2. The van der Waals surface area contributed by atoms with E-state index in [-0.39, 0.29) is 11.9 Å². The van der Waals surface area contributed by atoms with Crippen molar-refractivity contribution in [2.45, 2.75) is 51.6 Å². The number of ether oxygens (including phenoxy) is 1. The number of nitrogens with one attached hydrogen (secondary N) is 2. The first kappa shape index (κ1) is 15.8. The topological polar surface area (TPSA) is 50.4 Å². The molecule has 4 nitrogen and oxygen atoms in total. The number of carbonyl (C=O) groups is 1. The molecule has 0 aromatic heterocycles. The van der Waals surface area contributed by atoms with Crippen LogP contribution in [0.1, 0.15) is 38.2 Å². The van der Waals surface area contributed by atoms with Gasteiger partial charge in [0.2, 0.25) is 5.91 Å². The second kappa shape index (κ2) is 8.03. The minimum atomic E-state index is 0.129. The fraction of sp³-hybridized carbons (Fsp3) is 0.588. The second-order valence-corrected chi connectivity index (χ2v) is 5.78. The third-order valence-corrected chi connectivity index (χ3v) is 4.01. The molecule has 0 aliphatic carbocycles. The van der Waals surface area contributed by atoms with E-state index in [2.05, 4.69) is 17.6 Å². The maximum Gasteiger partial charge on any atom is 0.220 e. The molecule has 1 heterocycles. The lowest BCUT2D eigenvalue weighted by Gasteiger charge is -2.30. The Labute approximate surface area is 127 Å². The van der Waals surface area contributed by atoms with Gasteiger partial charge in [0, 0.05) is 18.5 Å². The Balaban J connectivity index is 1.64. The molecule has 0 radical (unpaired) electrons. The number of aryl methyl sites for hydroxylation is 1. The average molecular weight is 290 g/mol. The first-order valence-electron chi connectivity index (χ1n) is 7.88. The van der Waals surface area contributed by atoms with Crippen molar-refractivity contribution in [3.63, 3.8) is 0 Å². The van der Waals surface area contributed by atoms with Crippen molar-refractivity contribution in [3.8, 4) is 5.75 Å². The van der Waals surface area contributed by atoms with Crippen molar-refractivity contribution in [1.29, 1.82) is 0 Å². The summed E-state index contributed by atoms with van der Waals surface area (Å²) in [5.74, 6) is 1.03. The van der Waals surface area contributed by atoms with Gasteiger partial charge in [-0.3, -0.25) is 4.79 Å². The SMILES string of the molecule is Cc1ccccc1OCCCC(=O)NC1CCCNC1C. The van der Waals surface area contributed by atoms with E-state index >= 15 is 0 Å². The molecule has 2 N–H and O–H groups in total. The lowest BCUT2D eigenvalue weighted by atomic mass is 10.00. The quantitative estimate of drug-likeness (QED) is 0.791. The summed E-state index contributed by atoms with van der Waals surface area (Å²) in [5, 5.41) is 6.51. The van der Waals surface area contributed by atoms with E-state index in [0.29, 0.717) is 19.1 Å². The lowest BCUT2D eigenvalue weighted by molar-refractivity contribution is -0.122. The number of rotatable bonds is 6. The number of para-hydroxylation sites is 1. The highest BCUT2D eigenvalue weighted by Gasteiger charge is 2.21. The smallest absolute Gasteiger partial charge is 0.220 e. The van der Waals surface area contributed by atoms with Crippen LogP contribution in [-0.4, -0.2) is 31.1 Å². The molecule has 4 heteroatoms. The average Bonchev–Trinajstić information content (AvgIpc) is 2.48. The van der Waals surface area contributed by atoms with Gasteiger partial charge < -0.3 is 15.4 Å². The Kier molecular flexibility index (Phi) is 6.05. The molecule has 21 heavy (non-hydrogen) atoms. The van der Waals surface area contributed by atoms with E-state index in [0.717, 1.165) is 37.1 Å². The summed E-state index contributed by atoms with van der Waals surface area (Å²) >= 11 is 0. The highest BCUT2D eigenvalue weighted by atomic mass is 16.5. The molecule has 0 saturated carbocycles. The van der Waals surface area contributed by atoms with Crippen molar-refractivity contribution >= 4 is 5.91 Å². The zero-order valence-corrected chi connectivity index (χ0v) is 13.0. The standard InChI is InChI=1S/C17H26N2O2/c1-13-7-3-4-9-16(13)21-12-6-10-17(20)19-15-8-5-11-18-14(15)2/h3-4,7,9,14-15,18H,5-6,8,10-12H2,1-2H3,(H,19,20). The van der Waals surface area contributed by atoms with E-state index in [1.165, 1.54) is 0 Å². The van der Waals surface area contributed by atoms with Crippen LogP contribution in [0.2, 0.25) is 0 Å². The number of amides is 1. The molecule has 1 aliphatic heterocycles. The van der Waals surface area contributed by atoms with Gasteiger partial charge in [0.25, 0.3) is 0 Å². The zero-order chi connectivity index (χ0) is 15.1. The molecule has 1 aromatic rings. The number of carbonyl (C=O) groups excluding carboxylic acids is 1. The molecule has 2 rings (SSSR count). The van der Waals surface area contributed by atoms with E-state index in [1.54, 1.807) is 0 Å². The van der Waals surface area contributed by atoms with Gasteiger partial charge in [0.05, 0.1) is 6.61 Å². The fourth-order valence-corrected chi connectivity index (χ4v) is 2.65. The highest BCUT2D eigenvalue weighted by molar-refractivity contribution is 5.76. The normalized spacial score (nSPS) is 21.8. The molecule has 2 unspecified atom stereocenters. The van der Waals surface area contributed by atoms with Crippen LogP contribution < -0.4 is 15.4 Å². The molecule has 0 bridgehead atoms. The molecule has 1 aliphatic rings. The predicted molar refractivity (Wildman–Crippen MR) is 84.5 cm³/mol. The number of hydrogen-bond acceptors (Lipinski definition) is 3. The molecule has 1 amide bonds. The fourth-order valence-electron chi connectivity index (χ4n) is 2.65. The molecule has 116 valence electrons. The number of hydrogen-bond donors (Lipinski definition) is 2. The molecule has 1 saturated heterocycles. The van der Waals surface area contributed by atoms with Crippen molar-refractivity contribution in [2.24, 2.45) is 0 Å². The van der Waals surface area contributed by atoms with Crippen LogP contribution in [0.5, 0.6) is 5.75 Å². The zero-order valence-electron chi connectivity index (χ0n) is 13.0. The summed E-state index contributed by atoms with van der Waals surface area (Å²) in [6.45, 7) is 5.79. The van der Waals surface area contributed by atoms with Gasteiger partial charge in [-0.25, -0.2) is 0 Å². The van der Waals surface area contributed by atoms with Gasteiger partial charge in [-0.2, -0.15) is 0 Å². The van der Waals surface area contributed by atoms with Gasteiger partial charge in [0.1, 0.15) is 5.75 Å². The molecular weight excluding hydrogens is 264 g/mol. The van der Waals surface area contributed by atoms with Crippen LogP contribution in [-0.2, 0) is 4.79 Å². The monoisotopic (exact) mass is 290 g/mol. The maximum atomic E-state index is 11.9. The molecular formula is C17H26N2O2. The Bertz CT molecular complexity index is 462. The Morgan fingerprint density at radius 2 is 2.24 bits per heavy atom. The predicted octanol–water partition coefficient (Wildman–Crippen LogP) is 2.41. The summed E-state index contributed by atoms with van der Waals surface area (Å²) in [7, 11) is 0. The van der Waals surface area contributed by atoms with Gasteiger partial charge in [-0.05, 0) is 51.3 Å². The summed E-state index contributed by atoms with van der Waals surface area (Å²) in [6.07, 6.45) is 3.47. The Morgan fingerprint density at radius 1 is 1.43 bits per heavy atom. The van der Waals surface area contributed by atoms with Crippen molar-refractivity contribution < 1.29 is 9.53 Å². The number of piperidine rings is 1. The Hall–Kier alpha value is -1.55.